The zero-order valence-corrected chi connectivity index (χ0v) is 14.2. The van der Waals surface area contributed by atoms with Gasteiger partial charge in [0, 0.05) is 6.42 Å². The van der Waals surface area contributed by atoms with Crippen molar-refractivity contribution in [2.75, 3.05) is 0 Å². The highest BCUT2D eigenvalue weighted by Crippen LogP contribution is 2.68. The van der Waals surface area contributed by atoms with E-state index in [1.165, 1.54) is 44.1 Å². The minimum atomic E-state index is 0.307. The fraction of sp³-hybridized carbons (Fsp3) is 0.545. The summed E-state index contributed by atoms with van der Waals surface area (Å²) in [6.45, 7) is 0. The average Bonchev–Trinajstić information content (AvgIpc) is 2.54. The lowest BCUT2D eigenvalue weighted by Gasteiger charge is -2.63. The molecule has 0 amide bonds. The molecule has 2 atom stereocenters. The zero-order valence-electron chi connectivity index (χ0n) is 14.2. The first-order valence-corrected chi connectivity index (χ1v) is 9.46. The van der Waals surface area contributed by atoms with Crippen LogP contribution in [-0.2, 0) is 5.41 Å². The molecule has 5 aliphatic rings. The monoisotopic (exact) mass is 322 g/mol. The molecule has 24 heavy (non-hydrogen) atoms. The molecule has 0 heterocycles. The molecule has 0 aromatic heterocycles. The molecular weight excluding hydrogens is 296 g/mol. The molecule has 4 fully saturated rings. The third-order valence-corrected chi connectivity index (χ3v) is 7.35. The van der Waals surface area contributed by atoms with Gasteiger partial charge in [-0.2, -0.15) is 0 Å². The molecule has 2 unspecified atom stereocenters. The smallest absolute Gasteiger partial charge is 0.115 e. The van der Waals surface area contributed by atoms with Crippen LogP contribution in [0.1, 0.15) is 56.9 Å². The van der Waals surface area contributed by atoms with Crippen molar-refractivity contribution in [1.82, 2.24) is 0 Å². The van der Waals surface area contributed by atoms with Gasteiger partial charge >= 0.3 is 0 Å². The van der Waals surface area contributed by atoms with Crippen LogP contribution in [0.2, 0.25) is 0 Å². The lowest BCUT2D eigenvalue weighted by molar-refractivity contribution is -0.0533. The Bertz CT molecular complexity index is 711. The molecule has 1 aromatic carbocycles. The highest BCUT2D eigenvalue weighted by molar-refractivity contribution is 5.38. The first-order valence-electron chi connectivity index (χ1n) is 9.46. The predicted molar refractivity (Wildman–Crippen MR) is 94.9 cm³/mol. The van der Waals surface area contributed by atoms with Gasteiger partial charge in [-0.3, -0.25) is 0 Å². The van der Waals surface area contributed by atoms with E-state index in [0.717, 1.165) is 24.7 Å². The van der Waals surface area contributed by atoms with Gasteiger partial charge in [0.05, 0.1) is 5.76 Å². The van der Waals surface area contributed by atoms with E-state index in [4.69, 9.17) is 0 Å². The Labute approximate surface area is 143 Å². The summed E-state index contributed by atoms with van der Waals surface area (Å²) in [7, 11) is 0. The maximum absolute atomic E-state index is 9.76. The van der Waals surface area contributed by atoms with Gasteiger partial charge in [0.2, 0.25) is 0 Å². The van der Waals surface area contributed by atoms with E-state index in [1.807, 2.05) is 18.2 Å². The number of rotatable bonds is 2. The molecule has 0 saturated heterocycles. The number of phenolic OH excluding ortho intramolecular Hbond substituents is 1. The molecule has 4 saturated carbocycles. The van der Waals surface area contributed by atoms with E-state index in [9.17, 15) is 10.2 Å². The summed E-state index contributed by atoms with van der Waals surface area (Å²) in [6, 6.07) is 8.05. The van der Waals surface area contributed by atoms with Crippen molar-refractivity contribution in [1.29, 1.82) is 0 Å². The predicted octanol–water partition coefficient (Wildman–Crippen LogP) is 5.39. The fourth-order valence-corrected chi connectivity index (χ4v) is 6.86. The number of hydrogen-bond donors (Lipinski definition) is 2. The molecule has 0 radical (unpaired) electrons. The minimum Gasteiger partial charge on any atom is -0.512 e. The Balaban J connectivity index is 1.57. The highest BCUT2D eigenvalue weighted by atomic mass is 16.3. The van der Waals surface area contributed by atoms with Gasteiger partial charge < -0.3 is 10.2 Å². The zero-order chi connectivity index (χ0) is 16.4. The molecular formula is C22H26O2. The summed E-state index contributed by atoms with van der Waals surface area (Å²) < 4.78 is 0. The minimum absolute atomic E-state index is 0.307. The lowest BCUT2D eigenvalue weighted by atomic mass is 9.41. The third kappa shape index (κ3) is 2.08. The van der Waals surface area contributed by atoms with Crippen LogP contribution in [0.5, 0.6) is 5.75 Å². The van der Waals surface area contributed by atoms with E-state index in [2.05, 4.69) is 18.2 Å². The average molecular weight is 322 g/mol. The highest BCUT2D eigenvalue weighted by Gasteiger charge is 2.58. The Morgan fingerprint density at radius 3 is 2.08 bits per heavy atom. The summed E-state index contributed by atoms with van der Waals surface area (Å²) >= 11 is 0. The van der Waals surface area contributed by atoms with Crippen LogP contribution in [0.25, 0.3) is 0 Å². The number of aliphatic hydroxyl groups excluding tert-OH is 1. The number of benzene rings is 1. The van der Waals surface area contributed by atoms with Crippen molar-refractivity contribution in [2.24, 2.45) is 17.3 Å². The molecule has 6 rings (SSSR count). The molecule has 2 N–H and O–H groups in total. The summed E-state index contributed by atoms with van der Waals surface area (Å²) in [4.78, 5) is 0. The number of allylic oxidation sites excluding steroid dienone is 4. The summed E-state index contributed by atoms with van der Waals surface area (Å²) in [6.07, 6.45) is 14.0. The maximum atomic E-state index is 9.76. The second-order valence-electron chi connectivity index (χ2n) is 8.92. The Hall–Kier alpha value is -1.70. The van der Waals surface area contributed by atoms with Crippen LogP contribution in [0, 0.1) is 17.3 Å². The summed E-state index contributed by atoms with van der Waals surface area (Å²) in [5.41, 5.74) is 3.70. The van der Waals surface area contributed by atoms with Crippen molar-refractivity contribution in [3.63, 3.8) is 0 Å². The quantitative estimate of drug-likeness (QED) is 0.766. The molecule has 0 aliphatic heterocycles. The van der Waals surface area contributed by atoms with Crippen LogP contribution in [0.3, 0.4) is 0 Å². The van der Waals surface area contributed by atoms with Crippen molar-refractivity contribution in [2.45, 2.75) is 56.8 Å². The first kappa shape index (κ1) is 14.6. The van der Waals surface area contributed by atoms with Gasteiger partial charge in [-0.15, -0.1) is 0 Å². The molecule has 0 spiro atoms. The van der Waals surface area contributed by atoms with Gasteiger partial charge in [-0.05, 0) is 91.4 Å². The number of phenols is 1. The van der Waals surface area contributed by atoms with Crippen LogP contribution >= 0.6 is 0 Å². The van der Waals surface area contributed by atoms with Crippen molar-refractivity contribution in [3.8, 4) is 5.75 Å². The third-order valence-electron chi connectivity index (χ3n) is 7.35. The molecule has 5 aliphatic carbocycles. The lowest BCUT2D eigenvalue weighted by Crippen LogP contribution is -2.54. The molecule has 4 bridgehead atoms. The topological polar surface area (TPSA) is 40.5 Å². The van der Waals surface area contributed by atoms with Crippen LogP contribution in [0.4, 0.5) is 0 Å². The van der Waals surface area contributed by atoms with E-state index in [-0.39, 0.29) is 0 Å². The van der Waals surface area contributed by atoms with Crippen molar-refractivity contribution >= 4 is 0 Å². The molecule has 2 nitrogen and oxygen atoms in total. The van der Waals surface area contributed by atoms with E-state index in [0.29, 0.717) is 22.3 Å². The van der Waals surface area contributed by atoms with Gasteiger partial charge in [-0.1, -0.05) is 23.8 Å². The van der Waals surface area contributed by atoms with Crippen LogP contribution in [-0.4, -0.2) is 10.2 Å². The largest absolute Gasteiger partial charge is 0.512 e. The van der Waals surface area contributed by atoms with E-state index >= 15 is 0 Å². The summed E-state index contributed by atoms with van der Waals surface area (Å²) in [5.74, 6) is 2.60. The van der Waals surface area contributed by atoms with E-state index in [1.54, 1.807) is 5.57 Å². The van der Waals surface area contributed by atoms with Gasteiger partial charge in [0.15, 0.2) is 0 Å². The molecule has 2 heteroatoms. The second kappa shape index (κ2) is 4.91. The normalized spacial score (nSPS) is 40.3. The van der Waals surface area contributed by atoms with Crippen LogP contribution in [0.15, 0.2) is 47.7 Å². The van der Waals surface area contributed by atoms with Crippen molar-refractivity contribution < 1.29 is 10.2 Å². The number of hydrogen-bond acceptors (Lipinski definition) is 2. The van der Waals surface area contributed by atoms with E-state index < -0.39 is 0 Å². The fourth-order valence-electron chi connectivity index (χ4n) is 6.86. The molecule has 126 valence electrons. The number of aromatic hydroxyl groups is 1. The van der Waals surface area contributed by atoms with Gasteiger partial charge in [0.25, 0.3) is 0 Å². The van der Waals surface area contributed by atoms with Gasteiger partial charge in [-0.25, -0.2) is 0 Å². The molecule has 1 aromatic rings. The first-order chi connectivity index (χ1) is 11.6. The number of aliphatic hydroxyl groups is 1. The van der Waals surface area contributed by atoms with Gasteiger partial charge in [0.1, 0.15) is 5.75 Å². The van der Waals surface area contributed by atoms with Crippen molar-refractivity contribution in [3.05, 3.63) is 53.3 Å². The second-order valence-corrected chi connectivity index (χ2v) is 8.92. The SMILES string of the molecule is OC1=CC=C(C23CC4CC(C2)CC(c2ccc(O)cc2)(C4)C3)CC1. The van der Waals surface area contributed by atoms with Crippen LogP contribution < -0.4 is 0 Å². The Morgan fingerprint density at radius 2 is 1.46 bits per heavy atom. The maximum Gasteiger partial charge on any atom is 0.115 e. The standard InChI is InChI=1S/C22H26O2/c23-19-5-1-17(2-6-19)21-10-15-9-16(11-21)13-22(12-15,14-21)18-3-7-20(24)8-4-18/h1-3,5-7,15-16,23-24H,4,8-14H2. The summed E-state index contributed by atoms with van der Waals surface area (Å²) in [5, 5.41) is 19.4. The Morgan fingerprint density at radius 1 is 0.792 bits per heavy atom. The Kier molecular flexibility index (Phi) is 2.99.